The Kier molecular flexibility index (Phi) is 6.18. The molecule has 0 saturated heterocycles. The van der Waals surface area contributed by atoms with Crippen LogP contribution in [-0.2, 0) is 0 Å². The monoisotopic (exact) mass is 144 g/mol. The van der Waals surface area contributed by atoms with Crippen LogP contribution in [-0.4, -0.2) is 24.5 Å². The fourth-order valence-corrected chi connectivity index (χ4v) is 0.400. The van der Waals surface area contributed by atoms with Gasteiger partial charge in [-0.1, -0.05) is 13.8 Å². The van der Waals surface area contributed by atoms with E-state index in [1.54, 1.807) is 0 Å². The normalized spacial score (nSPS) is 13.9. The molecule has 60 valence electrons. The molecule has 0 bridgehead atoms. The van der Waals surface area contributed by atoms with Gasteiger partial charge in [-0.25, -0.2) is 0 Å². The van der Waals surface area contributed by atoms with Gasteiger partial charge in [0.25, 0.3) is 0 Å². The zero-order valence-corrected chi connectivity index (χ0v) is 6.67. The van der Waals surface area contributed by atoms with Crippen molar-refractivity contribution in [1.29, 1.82) is 0 Å². The second kappa shape index (κ2) is 6.55. The molecule has 10 heavy (non-hydrogen) atoms. The topological polar surface area (TPSA) is 44.6 Å². The minimum atomic E-state index is 0.137. The maximum absolute atomic E-state index is 8.35. The van der Waals surface area contributed by atoms with Crippen molar-refractivity contribution >= 4 is 6.21 Å². The van der Waals surface area contributed by atoms with Gasteiger partial charge in [0, 0.05) is 6.21 Å². The van der Waals surface area contributed by atoms with Gasteiger partial charge in [-0.3, -0.25) is 0 Å². The van der Waals surface area contributed by atoms with E-state index in [1.807, 2.05) is 6.21 Å². The van der Waals surface area contributed by atoms with Crippen LogP contribution in [0.25, 0.3) is 0 Å². The highest BCUT2D eigenvalue weighted by Gasteiger charge is 1.89. The molecule has 0 spiro atoms. The van der Waals surface area contributed by atoms with E-state index in [2.05, 4.69) is 24.4 Å². The lowest BCUT2D eigenvalue weighted by atomic mass is 10.1. The standard InChI is InChI=1S/C7H16N2O/c1-3-7(2)6-9-8-4-5-10/h6-8,10H,3-5H2,1-2H3/b9-6+. The first-order valence-electron chi connectivity index (χ1n) is 3.68. The Bertz CT molecular complexity index is 93.6. The van der Waals surface area contributed by atoms with Crippen molar-refractivity contribution in [3.8, 4) is 0 Å². The second-order valence-electron chi connectivity index (χ2n) is 2.30. The molecule has 3 heteroatoms. The first-order valence-corrected chi connectivity index (χ1v) is 3.68. The summed E-state index contributed by atoms with van der Waals surface area (Å²) in [4.78, 5) is 0. The number of rotatable bonds is 5. The highest BCUT2D eigenvalue weighted by atomic mass is 16.3. The number of hydrogen-bond donors (Lipinski definition) is 2. The van der Waals surface area contributed by atoms with Gasteiger partial charge in [0.2, 0.25) is 0 Å². The van der Waals surface area contributed by atoms with Gasteiger partial charge in [0.05, 0.1) is 13.2 Å². The van der Waals surface area contributed by atoms with Crippen LogP contribution < -0.4 is 5.43 Å². The van der Waals surface area contributed by atoms with E-state index < -0.39 is 0 Å². The van der Waals surface area contributed by atoms with E-state index in [1.165, 1.54) is 0 Å². The van der Waals surface area contributed by atoms with E-state index in [0.29, 0.717) is 12.5 Å². The van der Waals surface area contributed by atoms with E-state index in [9.17, 15) is 0 Å². The van der Waals surface area contributed by atoms with Crippen molar-refractivity contribution in [2.75, 3.05) is 13.2 Å². The van der Waals surface area contributed by atoms with E-state index in [-0.39, 0.29) is 6.61 Å². The SMILES string of the molecule is CCC(C)/C=N/NCCO. The zero-order valence-electron chi connectivity index (χ0n) is 6.67. The van der Waals surface area contributed by atoms with Crippen LogP contribution in [0.1, 0.15) is 20.3 Å². The van der Waals surface area contributed by atoms with Gasteiger partial charge in [0.1, 0.15) is 0 Å². The molecule has 0 aromatic heterocycles. The Morgan fingerprint density at radius 2 is 2.40 bits per heavy atom. The van der Waals surface area contributed by atoms with Gasteiger partial charge in [-0.15, -0.1) is 0 Å². The Morgan fingerprint density at radius 3 is 2.90 bits per heavy atom. The van der Waals surface area contributed by atoms with Crippen molar-refractivity contribution in [1.82, 2.24) is 5.43 Å². The Balaban J connectivity index is 3.18. The van der Waals surface area contributed by atoms with Crippen LogP contribution in [0.2, 0.25) is 0 Å². The first kappa shape index (κ1) is 9.43. The summed E-state index contributed by atoms with van der Waals surface area (Å²) < 4.78 is 0. The third-order valence-electron chi connectivity index (χ3n) is 1.29. The average molecular weight is 144 g/mol. The van der Waals surface area contributed by atoms with Gasteiger partial charge < -0.3 is 10.5 Å². The molecule has 0 aliphatic carbocycles. The highest BCUT2D eigenvalue weighted by Crippen LogP contribution is 1.93. The van der Waals surface area contributed by atoms with Crippen LogP contribution in [0.3, 0.4) is 0 Å². The molecule has 0 fully saturated rings. The Labute approximate surface area is 62.1 Å². The quantitative estimate of drug-likeness (QED) is 0.337. The van der Waals surface area contributed by atoms with Crippen molar-refractivity contribution in [2.24, 2.45) is 11.0 Å². The van der Waals surface area contributed by atoms with Crippen molar-refractivity contribution in [3.05, 3.63) is 0 Å². The summed E-state index contributed by atoms with van der Waals surface area (Å²) in [5.74, 6) is 0.520. The summed E-state index contributed by atoms with van der Waals surface area (Å²) >= 11 is 0. The molecule has 1 unspecified atom stereocenters. The summed E-state index contributed by atoms with van der Waals surface area (Å²) in [5.41, 5.74) is 2.72. The van der Waals surface area contributed by atoms with Crippen LogP contribution >= 0.6 is 0 Å². The molecule has 0 aromatic rings. The summed E-state index contributed by atoms with van der Waals surface area (Å²) in [6.07, 6.45) is 2.96. The molecule has 0 radical (unpaired) electrons. The summed E-state index contributed by atoms with van der Waals surface area (Å²) in [6.45, 7) is 4.89. The number of nitrogens with one attached hydrogen (secondary N) is 1. The number of nitrogens with zero attached hydrogens (tertiary/aromatic N) is 1. The number of aliphatic hydroxyl groups is 1. The Hall–Kier alpha value is -0.570. The van der Waals surface area contributed by atoms with Crippen LogP contribution in [0.5, 0.6) is 0 Å². The van der Waals surface area contributed by atoms with Gasteiger partial charge >= 0.3 is 0 Å². The molecule has 0 saturated carbocycles. The third-order valence-corrected chi connectivity index (χ3v) is 1.29. The molecule has 1 atom stereocenters. The largest absolute Gasteiger partial charge is 0.394 e. The zero-order chi connectivity index (χ0) is 7.82. The van der Waals surface area contributed by atoms with Gasteiger partial charge in [0.15, 0.2) is 0 Å². The van der Waals surface area contributed by atoms with Crippen molar-refractivity contribution in [3.63, 3.8) is 0 Å². The molecule has 2 N–H and O–H groups in total. The number of hydrazone groups is 1. The second-order valence-corrected chi connectivity index (χ2v) is 2.30. The minimum Gasteiger partial charge on any atom is -0.394 e. The predicted molar refractivity (Wildman–Crippen MR) is 43.0 cm³/mol. The third kappa shape index (κ3) is 5.56. The maximum atomic E-state index is 8.35. The molecule has 0 aromatic carbocycles. The summed E-state index contributed by atoms with van der Waals surface area (Å²) in [7, 11) is 0. The fraction of sp³-hybridized carbons (Fsp3) is 0.857. The lowest BCUT2D eigenvalue weighted by molar-refractivity contribution is 0.293. The van der Waals surface area contributed by atoms with Crippen molar-refractivity contribution < 1.29 is 5.11 Å². The molecule has 0 amide bonds. The molecule has 0 aliphatic heterocycles. The molecular formula is C7H16N2O. The smallest absolute Gasteiger partial charge is 0.0620 e. The Morgan fingerprint density at radius 1 is 1.70 bits per heavy atom. The predicted octanol–water partition coefficient (Wildman–Crippen LogP) is 0.600. The fourth-order valence-electron chi connectivity index (χ4n) is 0.400. The van der Waals surface area contributed by atoms with Gasteiger partial charge in [-0.2, -0.15) is 5.10 Å². The number of aliphatic hydroxyl groups excluding tert-OH is 1. The van der Waals surface area contributed by atoms with E-state index >= 15 is 0 Å². The number of hydrogen-bond acceptors (Lipinski definition) is 3. The lowest BCUT2D eigenvalue weighted by Gasteiger charge is -1.99. The lowest BCUT2D eigenvalue weighted by Crippen LogP contribution is -2.12. The van der Waals surface area contributed by atoms with Crippen LogP contribution in [0, 0.1) is 5.92 Å². The summed E-state index contributed by atoms with van der Waals surface area (Å²) in [6, 6.07) is 0. The van der Waals surface area contributed by atoms with Crippen LogP contribution in [0.15, 0.2) is 5.10 Å². The highest BCUT2D eigenvalue weighted by molar-refractivity contribution is 5.59. The molecular weight excluding hydrogens is 128 g/mol. The van der Waals surface area contributed by atoms with E-state index in [0.717, 1.165) is 6.42 Å². The first-order chi connectivity index (χ1) is 4.81. The average Bonchev–Trinajstić information content (AvgIpc) is 1.98. The van der Waals surface area contributed by atoms with E-state index in [4.69, 9.17) is 5.11 Å². The van der Waals surface area contributed by atoms with Gasteiger partial charge in [-0.05, 0) is 12.3 Å². The molecule has 0 heterocycles. The van der Waals surface area contributed by atoms with Crippen molar-refractivity contribution in [2.45, 2.75) is 20.3 Å². The minimum absolute atomic E-state index is 0.137. The maximum Gasteiger partial charge on any atom is 0.0620 e. The molecule has 0 rings (SSSR count). The molecule has 3 nitrogen and oxygen atoms in total. The molecule has 0 aliphatic rings. The van der Waals surface area contributed by atoms with Crippen LogP contribution in [0.4, 0.5) is 0 Å². The summed E-state index contributed by atoms with van der Waals surface area (Å²) in [5, 5.41) is 12.2.